The van der Waals surface area contributed by atoms with Gasteiger partial charge in [0.05, 0.1) is 5.69 Å². The van der Waals surface area contributed by atoms with Crippen LogP contribution < -0.4 is 0 Å². The lowest BCUT2D eigenvalue weighted by atomic mass is 10.1. The first kappa shape index (κ1) is 8.58. The van der Waals surface area contributed by atoms with Crippen LogP contribution in [0.25, 0.3) is 17.0 Å². The van der Waals surface area contributed by atoms with Gasteiger partial charge in [-0.15, -0.1) is 5.73 Å². The fraction of sp³-hybridized carbons (Fsp3) is 0.214. The van der Waals surface area contributed by atoms with Crippen LogP contribution in [0.3, 0.4) is 0 Å². The molecule has 15 heavy (non-hydrogen) atoms. The van der Waals surface area contributed by atoms with Crippen LogP contribution in [0.5, 0.6) is 0 Å². The van der Waals surface area contributed by atoms with E-state index in [4.69, 9.17) is 0 Å². The lowest BCUT2D eigenvalue weighted by Crippen LogP contribution is -1.91. The smallest absolute Gasteiger partial charge is 0.0525 e. The summed E-state index contributed by atoms with van der Waals surface area (Å²) in [5, 5.41) is 1.39. The fourth-order valence-electron chi connectivity index (χ4n) is 2.38. The van der Waals surface area contributed by atoms with Crippen molar-refractivity contribution in [3.05, 3.63) is 47.3 Å². The minimum Gasteiger partial charge on any atom is -0.343 e. The van der Waals surface area contributed by atoms with Crippen LogP contribution in [0, 0.1) is 0 Å². The standard InChI is InChI=1S/C14H13N/c1-15-13-9-4-2-3-7-11(13)12-8-5-6-10-14(12)15/h2,5-6,8-10H,3,7H2,1H3. The molecule has 1 aromatic heterocycles. The maximum Gasteiger partial charge on any atom is 0.0525 e. The Morgan fingerprint density at radius 3 is 3.07 bits per heavy atom. The molecule has 0 fully saturated rings. The third-order valence-corrected chi connectivity index (χ3v) is 3.14. The molecule has 1 aliphatic rings. The van der Waals surface area contributed by atoms with E-state index in [2.05, 4.69) is 53.8 Å². The quantitative estimate of drug-likeness (QED) is 0.568. The largest absolute Gasteiger partial charge is 0.343 e. The van der Waals surface area contributed by atoms with Gasteiger partial charge >= 0.3 is 0 Å². The normalized spacial score (nSPS) is 14.2. The average molecular weight is 195 g/mol. The maximum atomic E-state index is 3.23. The summed E-state index contributed by atoms with van der Waals surface area (Å²) in [5.41, 5.74) is 7.33. The molecule has 1 aliphatic carbocycles. The van der Waals surface area contributed by atoms with Crippen LogP contribution in [0.15, 0.2) is 36.1 Å². The molecule has 1 nitrogen and oxygen atoms in total. The molecule has 0 N–H and O–H groups in total. The van der Waals surface area contributed by atoms with Gasteiger partial charge in [0.1, 0.15) is 0 Å². The first-order valence-electron chi connectivity index (χ1n) is 5.35. The number of hydrogen-bond acceptors (Lipinski definition) is 0. The van der Waals surface area contributed by atoms with Gasteiger partial charge in [-0.3, -0.25) is 0 Å². The van der Waals surface area contributed by atoms with Gasteiger partial charge in [0.15, 0.2) is 0 Å². The number of benzene rings is 1. The molecule has 0 spiro atoms. The van der Waals surface area contributed by atoms with Gasteiger partial charge in [-0.2, -0.15) is 0 Å². The number of aryl methyl sites for hydroxylation is 2. The Morgan fingerprint density at radius 1 is 1.27 bits per heavy atom. The van der Waals surface area contributed by atoms with Crippen molar-refractivity contribution in [2.45, 2.75) is 12.8 Å². The molecule has 0 unspecified atom stereocenters. The predicted molar refractivity (Wildman–Crippen MR) is 63.8 cm³/mol. The van der Waals surface area contributed by atoms with E-state index in [9.17, 15) is 0 Å². The average Bonchev–Trinajstić information content (AvgIpc) is 2.48. The van der Waals surface area contributed by atoms with Crippen molar-refractivity contribution in [1.82, 2.24) is 4.57 Å². The molecule has 0 radical (unpaired) electrons. The Hall–Kier alpha value is -1.72. The number of fused-ring (bicyclic) bond motifs is 3. The molecule has 0 aliphatic heterocycles. The van der Waals surface area contributed by atoms with Crippen LogP contribution in [0.2, 0.25) is 0 Å². The number of para-hydroxylation sites is 1. The SMILES string of the molecule is Cn1c2c(c3ccccc31)CCC=C=C2. The summed E-state index contributed by atoms with van der Waals surface area (Å²) in [6, 6.07) is 8.61. The van der Waals surface area contributed by atoms with E-state index < -0.39 is 0 Å². The Balaban J connectivity index is 2.46. The monoisotopic (exact) mass is 195 g/mol. The molecule has 3 rings (SSSR count). The molecule has 2 aromatic rings. The number of rotatable bonds is 0. The second-order valence-electron chi connectivity index (χ2n) is 3.99. The van der Waals surface area contributed by atoms with E-state index in [-0.39, 0.29) is 0 Å². The Kier molecular flexibility index (Phi) is 1.80. The summed E-state index contributed by atoms with van der Waals surface area (Å²) in [7, 11) is 2.13. The number of allylic oxidation sites excluding steroid dienone is 1. The molecule has 0 bridgehead atoms. The van der Waals surface area contributed by atoms with Crippen molar-refractivity contribution in [2.24, 2.45) is 7.05 Å². The third kappa shape index (κ3) is 1.17. The zero-order valence-electron chi connectivity index (χ0n) is 8.83. The second-order valence-corrected chi connectivity index (χ2v) is 3.99. The molecule has 74 valence electrons. The van der Waals surface area contributed by atoms with E-state index in [1.54, 1.807) is 0 Å². The number of hydrogen-bond donors (Lipinski definition) is 0. The van der Waals surface area contributed by atoms with E-state index in [1.165, 1.54) is 22.2 Å². The predicted octanol–water partition coefficient (Wildman–Crippen LogP) is 3.29. The van der Waals surface area contributed by atoms with Crippen molar-refractivity contribution in [3.8, 4) is 0 Å². The number of nitrogens with zero attached hydrogens (tertiary/aromatic N) is 1. The molecule has 0 saturated heterocycles. The van der Waals surface area contributed by atoms with Gasteiger partial charge in [0.2, 0.25) is 0 Å². The minimum absolute atomic E-state index is 1.09. The van der Waals surface area contributed by atoms with Crippen LogP contribution in [-0.2, 0) is 13.5 Å². The molecule has 1 aromatic carbocycles. The zero-order chi connectivity index (χ0) is 10.3. The van der Waals surface area contributed by atoms with Crippen LogP contribution in [0.1, 0.15) is 17.7 Å². The van der Waals surface area contributed by atoms with Crippen LogP contribution in [-0.4, -0.2) is 4.57 Å². The number of aromatic nitrogens is 1. The highest BCUT2D eigenvalue weighted by Gasteiger charge is 2.12. The minimum atomic E-state index is 1.09. The summed E-state index contributed by atoms with van der Waals surface area (Å²) in [6.45, 7) is 0. The highest BCUT2D eigenvalue weighted by atomic mass is 14.9. The van der Waals surface area contributed by atoms with Crippen LogP contribution in [0.4, 0.5) is 0 Å². The lowest BCUT2D eigenvalue weighted by molar-refractivity contribution is 0.928. The molecular formula is C14H13N. The lowest BCUT2D eigenvalue weighted by Gasteiger charge is -1.98. The van der Waals surface area contributed by atoms with Gasteiger partial charge in [-0.05, 0) is 30.5 Å². The van der Waals surface area contributed by atoms with Gasteiger partial charge in [-0.25, -0.2) is 0 Å². The molecular weight excluding hydrogens is 182 g/mol. The zero-order valence-corrected chi connectivity index (χ0v) is 8.83. The van der Waals surface area contributed by atoms with Crippen molar-refractivity contribution in [3.63, 3.8) is 0 Å². The van der Waals surface area contributed by atoms with E-state index in [0.29, 0.717) is 0 Å². The Morgan fingerprint density at radius 2 is 2.13 bits per heavy atom. The summed E-state index contributed by atoms with van der Waals surface area (Å²) in [4.78, 5) is 0. The van der Waals surface area contributed by atoms with Crippen molar-refractivity contribution < 1.29 is 0 Å². The Bertz CT molecular complexity index is 581. The fourth-order valence-corrected chi connectivity index (χ4v) is 2.38. The van der Waals surface area contributed by atoms with E-state index >= 15 is 0 Å². The second kappa shape index (κ2) is 3.15. The van der Waals surface area contributed by atoms with Gasteiger partial charge < -0.3 is 4.57 Å². The molecule has 1 heteroatoms. The van der Waals surface area contributed by atoms with E-state index in [0.717, 1.165) is 12.8 Å². The van der Waals surface area contributed by atoms with Crippen molar-refractivity contribution in [2.75, 3.05) is 0 Å². The first-order chi connectivity index (χ1) is 7.38. The van der Waals surface area contributed by atoms with E-state index in [1.807, 2.05) is 0 Å². The summed E-state index contributed by atoms with van der Waals surface area (Å²) in [5.74, 6) is 0. The van der Waals surface area contributed by atoms with Gasteiger partial charge in [-0.1, -0.05) is 18.2 Å². The summed E-state index contributed by atoms with van der Waals surface area (Å²) in [6.07, 6.45) is 6.44. The maximum absolute atomic E-state index is 3.23. The highest BCUT2D eigenvalue weighted by molar-refractivity contribution is 5.88. The van der Waals surface area contributed by atoms with Gasteiger partial charge in [0, 0.05) is 24.0 Å². The third-order valence-electron chi connectivity index (χ3n) is 3.14. The molecule has 0 saturated carbocycles. The van der Waals surface area contributed by atoms with Crippen molar-refractivity contribution >= 4 is 17.0 Å². The Labute approximate surface area is 89.3 Å². The molecule has 1 heterocycles. The topological polar surface area (TPSA) is 4.93 Å². The summed E-state index contributed by atoms with van der Waals surface area (Å²) < 4.78 is 2.26. The highest BCUT2D eigenvalue weighted by Crippen LogP contribution is 2.28. The van der Waals surface area contributed by atoms with Crippen molar-refractivity contribution in [1.29, 1.82) is 0 Å². The molecule has 0 atom stereocenters. The van der Waals surface area contributed by atoms with Crippen LogP contribution >= 0.6 is 0 Å². The first-order valence-corrected chi connectivity index (χ1v) is 5.35. The molecule has 0 amide bonds. The summed E-state index contributed by atoms with van der Waals surface area (Å²) >= 11 is 0. The van der Waals surface area contributed by atoms with Gasteiger partial charge in [0.25, 0.3) is 0 Å².